The van der Waals surface area contributed by atoms with Gasteiger partial charge in [0.1, 0.15) is 6.54 Å². The van der Waals surface area contributed by atoms with Crippen LogP contribution in [0.5, 0.6) is 0 Å². The number of nitrogens with zero attached hydrogens (tertiary/aromatic N) is 1. The lowest BCUT2D eigenvalue weighted by Gasteiger charge is -2.15. The number of alkyl halides is 3. The van der Waals surface area contributed by atoms with Gasteiger partial charge in [0.05, 0.1) is 0 Å². The third-order valence-electron chi connectivity index (χ3n) is 2.80. The zero-order chi connectivity index (χ0) is 16.0. The molecular weight excluding hydrogens is 305 g/mol. The first-order valence-corrected chi connectivity index (χ1v) is 7.43. The number of carbonyl (C=O) groups is 2. The fraction of sp³-hybridized carbons (Fsp3) is 0.538. The molecular formula is C13H17F3N2O2S. The highest BCUT2D eigenvalue weighted by atomic mass is 32.2. The van der Waals surface area contributed by atoms with E-state index in [2.05, 4.69) is 11.3 Å². The molecule has 0 saturated carbocycles. The summed E-state index contributed by atoms with van der Waals surface area (Å²) in [4.78, 5) is 25.2. The minimum absolute atomic E-state index is 0.0672. The van der Waals surface area contributed by atoms with Crippen molar-refractivity contribution in [2.75, 3.05) is 18.8 Å². The summed E-state index contributed by atoms with van der Waals surface area (Å²) < 4.78 is 37.9. The largest absolute Gasteiger partial charge is 0.401 e. The summed E-state index contributed by atoms with van der Waals surface area (Å²) in [5.41, 5.74) is 0.737. The molecule has 0 aromatic heterocycles. The summed E-state index contributed by atoms with van der Waals surface area (Å²) in [7, 11) is 0. The molecule has 4 nitrogen and oxygen atoms in total. The average Bonchev–Trinajstić information content (AvgIpc) is 2.61. The maximum Gasteiger partial charge on any atom is 0.401 e. The second-order valence-corrected chi connectivity index (χ2v) is 5.38. The molecule has 0 atom stereocenters. The number of hydrogen-bond acceptors (Lipinski definition) is 4. The van der Waals surface area contributed by atoms with E-state index in [1.807, 2.05) is 6.92 Å². The molecule has 0 aliphatic carbocycles. The Morgan fingerprint density at radius 2 is 2.00 bits per heavy atom. The van der Waals surface area contributed by atoms with E-state index >= 15 is 0 Å². The molecule has 1 heterocycles. The molecule has 2 amide bonds. The summed E-state index contributed by atoms with van der Waals surface area (Å²) in [6, 6.07) is 0. The standard InChI is InChI=1S/C13H17F3N2O2S/c1-3-5-10-9(4-2)11(19)18(12(10)20)6-7-21-17-8-13(14,15)16/h4,17H,2-3,5-8H2,1H3. The van der Waals surface area contributed by atoms with Crippen LogP contribution in [-0.2, 0) is 9.59 Å². The van der Waals surface area contributed by atoms with E-state index < -0.39 is 18.6 Å². The monoisotopic (exact) mass is 322 g/mol. The number of carbonyl (C=O) groups excluding carboxylic acids is 2. The van der Waals surface area contributed by atoms with Crippen molar-refractivity contribution in [3.8, 4) is 0 Å². The first-order valence-electron chi connectivity index (χ1n) is 6.45. The van der Waals surface area contributed by atoms with Crippen molar-refractivity contribution in [2.45, 2.75) is 25.9 Å². The second kappa shape index (κ2) is 7.65. The van der Waals surface area contributed by atoms with Crippen molar-refractivity contribution < 1.29 is 22.8 Å². The van der Waals surface area contributed by atoms with Crippen molar-refractivity contribution >= 4 is 23.8 Å². The van der Waals surface area contributed by atoms with Crippen molar-refractivity contribution in [1.29, 1.82) is 0 Å². The molecule has 0 spiro atoms. The van der Waals surface area contributed by atoms with Crippen LogP contribution in [-0.4, -0.2) is 41.7 Å². The summed E-state index contributed by atoms with van der Waals surface area (Å²) in [5.74, 6) is -0.597. The van der Waals surface area contributed by atoms with Crippen LogP contribution in [0.1, 0.15) is 19.8 Å². The lowest BCUT2D eigenvalue weighted by Crippen LogP contribution is -2.34. The van der Waals surface area contributed by atoms with E-state index in [1.54, 1.807) is 0 Å². The molecule has 0 radical (unpaired) electrons. The Bertz CT molecular complexity index is 461. The fourth-order valence-corrected chi connectivity index (χ4v) is 2.58. The first kappa shape index (κ1) is 17.8. The Hall–Kier alpha value is -1.28. The fourth-order valence-electron chi connectivity index (χ4n) is 1.89. The van der Waals surface area contributed by atoms with Gasteiger partial charge in [0.15, 0.2) is 0 Å². The number of amides is 2. The van der Waals surface area contributed by atoms with Gasteiger partial charge in [0.2, 0.25) is 0 Å². The van der Waals surface area contributed by atoms with Crippen LogP contribution < -0.4 is 4.72 Å². The first-order chi connectivity index (χ1) is 9.81. The van der Waals surface area contributed by atoms with E-state index in [0.29, 0.717) is 17.6 Å². The number of nitrogens with one attached hydrogen (secondary N) is 1. The summed E-state index contributed by atoms with van der Waals surface area (Å²) in [5, 5.41) is 0. The van der Waals surface area contributed by atoms with Gasteiger partial charge < -0.3 is 0 Å². The maximum atomic E-state index is 12.1. The molecule has 118 valence electrons. The quantitative estimate of drug-likeness (QED) is 0.424. The van der Waals surface area contributed by atoms with Gasteiger partial charge in [-0.2, -0.15) is 13.2 Å². The van der Waals surface area contributed by atoms with E-state index in [4.69, 9.17) is 0 Å². The molecule has 1 aliphatic heterocycles. The smallest absolute Gasteiger partial charge is 0.274 e. The van der Waals surface area contributed by atoms with E-state index in [9.17, 15) is 22.8 Å². The topological polar surface area (TPSA) is 49.4 Å². The Labute approximate surface area is 125 Å². The highest BCUT2D eigenvalue weighted by Crippen LogP contribution is 2.25. The average molecular weight is 322 g/mol. The summed E-state index contributed by atoms with van der Waals surface area (Å²) >= 11 is 0.834. The van der Waals surface area contributed by atoms with Crippen LogP contribution in [0.3, 0.4) is 0 Å². The third-order valence-corrected chi connectivity index (χ3v) is 3.53. The Balaban J connectivity index is 2.50. The highest BCUT2D eigenvalue weighted by Gasteiger charge is 2.35. The summed E-state index contributed by atoms with van der Waals surface area (Å²) in [6.45, 7) is 4.38. The molecule has 0 unspecified atom stereocenters. The minimum Gasteiger partial charge on any atom is -0.274 e. The molecule has 1 N–H and O–H groups in total. The van der Waals surface area contributed by atoms with Crippen LogP contribution in [0, 0.1) is 0 Å². The van der Waals surface area contributed by atoms with E-state index in [-0.39, 0.29) is 18.2 Å². The van der Waals surface area contributed by atoms with Gasteiger partial charge in [-0.3, -0.25) is 19.2 Å². The van der Waals surface area contributed by atoms with Crippen molar-refractivity contribution in [2.24, 2.45) is 0 Å². The van der Waals surface area contributed by atoms with Crippen molar-refractivity contribution in [3.63, 3.8) is 0 Å². The van der Waals surface area contributed by atoms with Gasteiger partial charge in [-0.15, -0.1) is 0 Å². The zero-order valence-electron chi connectivity index (χ0n) is 11.6. The van der Waals surface area contributed by atoms with E-state index in [1.165, 1.54) is 6.08 Å². The molecule has 1 rings (SSSR count). The van der Waals surface area contributed by atoms with Crippen LogP contribution in [0.4, 0.5) is 13.2 Å². The molecule has 0 fully saturated rings. The number of imide groups is 1. The predicted molar refractivity (Wildman–Crippen MR) is 75.4 cm³/mol. The highest BCUT2D eigenvalue weighted by molar-refractivity contribution is 7.97. The third kappa shape index (κ3) is 4.89. The molecule has 0 bridgehead atoms. The number of halogens is 3. The van der Waals surface area contributed by atoms with Gasteiger partial charge in [0.25, 0.3) is 11.8 Å². The number of hydrogen-bond donors (Lipinski definition) is 1. The molecule has 21 heavy (non-hydrogen) atoms. The van der Waals surface area contributed by atoms with Gasteiger partial charge in [-0.1, -0.05) is 37.9 Å². The van der Waals surface area contributed by atoms with Gasteiger partial charge >= 0.3 is 6.18 Å². The van der Waals surface area contributed by atoms with Gasteiger partial charge in [-0.25, -0.2) is 0 Å². The lowest BCUT2D eigenvalue weighted by atomic mass is 10.1. The van der Waals surface area contributed by atoms with Gasteiger partial charge in [-0.05, 0) is 6.42 Å². The van der Waals surface area contributed by atoms with Crippen LogP contribution >= 0.6 is 11.9 Å². The Morgan fingerprint density at radius 3 is 2.52 bits per heavy atom. The van der Waals surface area contributed by atoms with Crippen LogP contribution in [0.2, 0.25) is 0 Å². The SMILES string of the molecule is C=CC1=C(CCC)C(=O)N(CCSNCC(F)(F)F)C1=O. The molecule has 8 heteroatoms. The minimum atomic E-state index is -4.28. The zero-order valence-corrected chi connectivity index (χ0v) is 12.4. The molecule has 0 saturated heterocycles. The summed E-state index contributed by atoms with van der Waals surface area (Å²) in [6.07, 6.45) is -1.71. The molecule has 1 aliphatic rings. The van der Waals surface area contributed by atoms with E-state index in [0.717, 1.165) is 23.3 Å². The van der Waals surface area contributed by atoms with Gasteiger partial charge in [0, 0.05) is 23.4 Å². The molecule has 0 aromatic carbocycles. The van der Waals surface area contributed by atoms with Crippen LogP contribution in [0.25, 0.3) is 0 Å². The Morgan fingerprint density at radius 1 is 1.33 bits per heavy atom. The molecule has 0 aromatic rings. The predicted octanol–water partition coefficient (Wildman–Crippen LogP) is 2.44. The van der Waals surface area contributed by atoms with Crippen molar-refractivity contribution in [1.82, 2.24) is 9.62 Å². The van der Waals surface area contributed by atoms with Crippen molar-refractivity contribution in [3.05, 3.63) is 23.8 Å². The maximum absolute atomic E-state index is 12.1. The van der Waals surface area contributed by atoms with Crippen LogP contribution in [0.15, 0.2) is 23.8 Å². The second-order valence-electron chi connectivity index (χ2n) is 4.39. The normalized spacial score (nSPS) is 16.1. The Kier molecular flexibility index (Phi) is 6.47. The lowest BCUT2D eigenvalue weighted by molar-refractivity contribution is -0.137. The number of rotatable bonds is 8.